The van der Waals surface area contributed by atoms with Gasteiger partial charge >= 0.3 is 0 Å². The summed E-state index contributed by atoms with van der Waals surface area (Å²) in [5.74, 6) is 0.894. The molecular weight excluding hydrogens is 232 g/mol. The fourth-order valence-electron chi connectivity index (χ4n) is 2.26. The molecule has 0 amide bonds. The first-order chi connectivity index (χ1) is 9.24. The van der Waals surface area contributed by atoms with Crippen LogP contribution in [-0.4, -0.2) is 4.98 Å². The summed E-state index contributed by atoms with van der Waals surface area (Å²) in [6, 6.07) is 18.5. The van der Waals surface area contributed by atoms with E-state index in [9.17, 15) is 0 Å². The van der Waals surface area contributed by atoms with Crippen molar-refractivity contribution in [2.45, 2.75) is 13.8 Å². The fraction of sp³-hybridized carbons (Fsp3) is 0.118. The van der Waals surface area contributed by atoms with Crippen LogP contribution in [0.4, 0.5) is 11.5 Å². The van der Waals surface area contributed by atoms with Crippen LogP contribution in [-0.2, 0) is 0 Å². The van der Waals surface area contributed by atoms with Crippen molar-refractivity contribution in [1.82, 2.24) is 4.98 Å². The number of hydrogen-bond acceptors (Lipinski definition) is 2. The van der Waals surface area contributed by atoms with Crippen LogP contribution in [0.2, 0.25) is 0 Å². The minimum absolute atomic E-state index is 0.894. The van der Waals surface area contributed by atoms with Gasteiger partial charge in [0.25, 0.3) is 0 Å². The molecule has 3 rings (SSSR count). The molecule has 1 aromatic heterocycles. The van der Waals surface area contributed by atoms with Crippen molar-refractivity contribution in [3.8, 4) is 0 Å². The summed E-state index contributed by atoms with van der Waals surface area (Å²) >= 11 is 0. The molecule has 0 aliphatic heterocycles. The van der Waals surface area contributed by atoms with Gasteiger partial charge in [0.2, 0.25) is 0 Å². The van der Waals surface area contributed by atoms with E-state index in [4.69, 9.17) is 0 Å². The first-order valence-corrected chi connectivity index (χ1v) is 6.43. The van der Waals surface area contributed by atoms with E-state index in [1.165, 1.54) is 16.5 Å². The third kappa shape index (κ3) is 2.29. The van der Waals surface area contributed by atoms with Crippen LogP contribution in [0.15, 0.2) is 54.6 Å². The summed E-state index contributed by atoms with van der Waals surface area (Å²) < 4.78 is 0. The van der Waals surface area contributed by atoms with Crippen molar-refractivity contribution < 1.29 is 0 Å². The Morgan fingerprint density at radius 2 is 1.58 bits per heavy atom. The van der Waals surface area contributed by atoms with E-state index >= 15 is 0 Å². The highest BCUT2D eigenvalue weighted by Gasteiger charge is 2.03. The molecule has 0 aliphatic carbocycles. The van der Waals surface area contributed by atoms with Gasteiger partial charge in [-0.15, -0.1) is 0 Å². The second-order valence-electron chi connectivity index (χ2n) is 4.78. The van der Waals surface area contributed by atoms with E-state index in [0.717, 1.165) is 17.0 Å². The van der Waals surface area contributed by atoms with Crippen molar-refractivity contribution in [3.63, 3.8) is 0 Å². The van der Waals surface area contributed by atoms with Crippen LogP contribution in [0, 0.1) is 13.8 Å². The Morgan fingerprint density at radius 1 is 0.842 bits per heavy atom. The van der Waals surface area contributed by atoms with Crippen LogP contribution in [0.5, 0.6) is 0 Å². The van der Waals surface area contributed by atoms with Gasteiger partial charge in [-0.3, -0.25) is 0 Å². The molecule has 1 N–H and O–H groups in total. The Morgan fingerprint density at radius 3 is 2.42 bits per heavy atom. The molecule has 0 fully saturated rings. The predicted octanol–water partition coefficient (Wildman–Crippen LogP) is 4.60. The van der Waals surface area contributed by atoms with E-state index in [1.54, 1.807) is 0 Å². The molecule has 3 aromatic rings. The largest absolute Gasteiger partial charge is 0.340 e. The quantitative estimate of drug-likeness (QED) is 0.717. The van der Waals surface area contributed by atoms with Gasteiger partial charge in [0.1, 0.15) is 5.82 Å². The minimum Gasteiger partial charge on any atom is -0.340 e. The molecule has 2 heteroatoms. The average Bonchev–Trinajstić information content (AvgIpc) is 2.42. The monoisotopic (exact) mass is 248 g/mol. The second kappa shape index (κ2) is 4.73. The van der Waals surface area contributed by atoms with E-state index in [1.807, 2.05) is 30.3 Å². The summed E-state index contributed by atoms with van der Waals surface area (Å²) in [5.41, 5.74) is 4.58. The van der Waals surface area contributed by atoms with Crippen molar-refractivity contribution in [3.05, 3.63) is 65.7 Å². The second-order valence-corrected chi connectivity index (χ2v) is 4.78. The van der Waals surface area contributed by atoms with Crippen molar-refractivity contribution >= 4 is 22.4 Å². The lowest BCUT2D eigenvalue weighted by atomic mass is 10.1. The molecule has 0 aliphatic rings. The third-order valence-corrected chi connectivity index (χ3v) is 3.33. The zero-order valence-corrected chi connectivity index (χ0v) is 11.1. The number of para-hydroxylation sites is 2. The summed E-state index contributed by atoms with van der Waals surface area (Å²) in [4.78, 5) is 4.66. The first-order valence-electron chi connectivity index (χ1n) is 6.43. The van der Waals surface area contributed by atoms with Gasteiger partial charge in [-0.05, 0) is 43.2 Å². The highest BCUT2D eigenvalue weighted by Crippen LogP contribution is 2.23. The van der Waals surface area contributed by atoms with Crippen molar-refractivity contribution in [1.29, 1.82) is 0 Å². The van der Waals surface area contributed by atoms with Gasteiger partial charge in [-0.25, -0.2) is 4.98 Å². The van der Waals surface area contributed by atoms with E-state index in [0.29, 0.717) is 0 Å². The highest BCUT2D eigenvalue weighted by molar-refractivity contribution is 5.84. The number of anilines is 2. The number of nitrogens with zero attached hydrogens (tertiary/aromatic N) is 1. The van der Waals surface area contributed by atoms with Gasteiger partial charge in [0.15, 0.2) is 0 Å². The third-order valence-electron chi connectivity index (χ3n) is 3.33. The molecular formula is C17H16N2. The lowest BCUT2D eigenvalue weighted by Crippen LogP contribution is -1.96. The van der Waals surface area contributed by atoms with Crippen LogP contribution < -0.4 is 5.32 Å². The maximum absolute atomic E-state index is 4.66. The first kappa shape index (κ1) is 11.7. The van der Waals surface area contributed by atoms with Gasteiger partial charge in [-0.1, -0.05) is 36.4 Å². The zero-order chi connectivity index (χ0) is 13.2. The molecule has 2 aromatic carbocycles. The lowest BCUT2D eigenvalue weighted by molar-refractivity contribution is 1.32. The Labute approximate surface area is 113 Å². The van der Waals surface area contributed by atoms with Crippen LogP contribution in [0.1, 0.15) is 11.1 Å². The van der Waals surface area contributed by atoms with Gasteiger partial charge in [0.05, 0.1) is 5.52 Å². The number of benzene rings is 2. The molecule has 2 nitrogen and oxygen atoms in total. The predicted molar refractivity (Wildman–Crippen MR) is 80.9 cm³/mol. The standard InChI is InChI=1S/C17H16N2/c1-12-7-3-5-9-15(12)18-17-11-13(2)14-8-4-6-10-16(14)19-17/h3-11H,1-2H3,(H,18,19). The topological polar surface area (TPSA) is 24.9 Å². The fourth-order valence-corrected chi connectivity index (χ4v) is 2.26. The molecule has 0 saturated carbocycles. The SMILES string of the molecule is Cc1ccccc1Nc1cc(C)c2ccccc2n1. The van der Waals surface area contributed by atoms with Crippen LogP contribution >= 0.6 is 0 Å². The molecule has 0 bridgehead atoms. The summed E-state index contributed by atoms with van der Waals surface area (Å²) in [7, 11) is 0. The number of aryl methyl sites for hydroxylation is 2. The van der Waals surface area contributed by atoms with E-state index in [-0.39, 0.29) is 0 Å². The number of nitrogens with one attached hydrogen (secondary N) is 1. The molecule has 94 valence electrons. The molecule has 1 heterocycles. The van der Waals surface area contributed by atoms with Gasteiger partial charge < -0.3 is 5.32 Å². The molecule has 0 saturated heterocycles. The summed E-state index contributed by atoms with van der Waals surface area (Å²) in [5, 5.41) is 4.60. The summed E-state index contributed by atoms with van der Waals surface area (Å²) in [6.45, 7) is 4.21. The number of aromatic nitrogens is 1. The molecule has 0 unspecified atom stereocenters. The Balaban J connectivity index is 2.04. The van der Waals surface area contributed by atoms with Gasteiger partial charge in [-0.2, -0.15) is 0 Å². The number of fused-ring (bicyclic) bond motifs is 1. The minimum atomic E-state index is 0.894. The molecule has 0 atom stereocenters. The normalized spacial score (nSPS) is 10.6. The Hall–Kier alpha value is -2.35. The molecule has 19 heavy (non-hydrogen) atoms. The van der Waals surface area contributed by atoms with Crippen LogP contribution in [0.3, 0.4) is 0 Å². The summed E-state index contributed by atoms with van der Waals surface area (Å²) in [6.07, 6.45) is 0. The Bertz CT molecular complexity index is 732. The number of rotatable bonds is 2. The zero-order valence-electron chi connectivity index (χ0n) is 11.1. The smallest absolute Gasteiger partial charge is 0.131 e. The number of pyridine rings is 1. The lowest BCUT2D eigenvalue weighted by Gasteiger charge is -2.10. The maximum atomic E-state index is 4.66. The molecule has 0 radical (unpaired) electrons. The van der Waals surface area contributed by atoms with Crippen molar-refractivity contribution in [2.75, 3.05) is 5.32 Å². The number of hydrogen-bond donors (Lipinski definition) is 1. The van der Waals surface area contributed by atoms with E-state index < -0.39 is 0 Å². The van der Waals surface area contributed by atoms with E-state index in [2.05, 4.69) is 48.4 Å². The van der Waals surface area contributed by atoms with Crippen LogP contribution in [0.25, 0.3) is 10.9 Å². The highest BCUT2D eigenvalue weighted by atomic mass is 15.0. The Kier molecular flexibility index (Phi) is 2.92. The van der Waals surface area contributed by atoms with Crippen molar-refractivity contribution in [2.24, 2.45) is 0 Å². The van der Waals surface area contributed by atoms with Gasteiger partial charge in [0, 0.05) is 11.1 Å². The average molecular weight is 248 g/mol. The maximum Gasteiger partial charge on any atom is 0.131 e. The molecule has 0 spiro atoms.